The number of hydrogen-bond donors (Lipinski definition) is 3. The zero-order valence-electron chi connectivity index (χ0n) is 10.6. The normalized spacial score (nSPS) is 10.4. The summed E-state index contributed by atoms with van der Waals surface area (Å²) in [5, 5.41) is 13.5. The van der Waals surface area contributed by atoms with Gasteiger partial charge in [0.15, 0.2) is 5.82 Å². The van der Waals surface area contributed by atoms with Crippen LogP contribution < -0.4 is 10.6 Å². The molecule has 0 aliphatic heterocycles. The molecule has 2 heterocycles. The maximum absolute atomic E-state index is 6.10. The van der Waals surface area contributed by atoms with Gasteiger partial charge in [0.05, 0.1) is 21.4 Å². The average molecular weight is 366 g/mol. The van der Waals surface area contributed by atoms with Gasteiger partial charge >= 0.3 is 0 Å². The van der Waals surface area contributed by atoms with Crippen molar-refractivity contribution in [3.63, 3.8) is 0 Å². The van der Waals surface area contributed by atoms with Crippen molar-refractivity contribution >= 4 is 50.8 Å². The fourth-order valence-electron chi connectivity index (χ4n) is 1.65. The van der Waals surface area contributed by atoms with Crippen molar-refractivity contribution in [1.82, 2.24) is 20.2 Å². The summed E-state index contributed by atoms with van der Waals surface area (Å²) < 4.78 is 0.738. The molecule has 0 aliphatic carbocycles. The quantitative estimate of drug-likeness (QED) is 0.648. The van der Waals surface area contributed by atoms with E-state index in [0.29, 0.717) is 16.8 Å². The van der Waals surface area contributed by atoms with Crippen LogP contribution in [-0.4, -0.2) is 20.2 Å². The standard InChI is InChI=1S/C13H10BrClN6/c14-8-7-16-13(18-10-4-2-1-3-9(10)15)20-12(8)19-11-5-6-17-21-11/h1-7H,(H3,16,17,18,19,20,21). The summed E-state index contributed by atoms with van der Waals surface area (Å²) in [4.78, 5) is 8.61. The van der Waals surface area contributed by atoms with E-state index in [9.17, 15) is 0 Å². The number of aromatic nitrogens is 4. The Morgan fingerprint density at radius 1 is 1.14 bits per heavy atom. The van der Waals surface area contributed by atoms with Crippen molar-refractivity contribution < 1.29 is 0 Å². The van der Waals surface area contributed by atoms with Crippen molar-refractivity contribution in [2.45, 2.75) is 0 Å². The Kier molecular flexibility index (Phi) is 4.03. The van der Waals surface area contributed by atoms with Crippen LogP contribution in [0.25, 0.3) is 0 Å². The van der Waals surface area contributed by atoms with E-state index in [4.69, 9.17) is 11.6 Å². The van der Waals surface area contributed by atoms with E-state index in [1.165, 1.54) is 0 Å². The zero-order chi connectivity index (χ0) is 14.7. The van der Waals surface area contributed by atoms with Crippen LogP contribution in [0.3, 0.4) is 0 Å². The van der Waals surface area contributed by atoms with Gasteiger partial charge in [0.1, 0.15) is 5.82 Å². The highest BCUT2D eigenvalue weighted by atomic mass is 79.9. The van der Waals surface area contributed by atoms with Gasteiger partial charge in [-0.3, -0.25) is 5.10 Å². The number of anilines is 4. The fourth-order valence-corrected chi connectivity index (χ4v) is 2.12. The molecular weight excluding hydrogens is 356 g/mol. The summed E-state index contributed by atoms with van der Waals surface area (Å²) in [5.74, 6) is 1.79. The molecule has 3 rings (SSSR count). The van der Waals surface area contributed by atoms with Crippen LogP contribution in [0.5, 0.6) is 0 Å². The predicted octanol–water partition coefficient (Wildman–Crippen LogP) is 4.10. The van der Waals surface area contributed by atoms with Crippen LogP contribution in [0, 0.1) is 0 Å². The van der Waals surface area contributed by atoms with E-state index >= 15 is 0 Å². The summed E-state index contributed by atoms with van der Waals surface area (Å²) in [6, 6.07) is 9.20. The van der Waals surface area contributed by atoms with E-state index in [1.807, 2.05) is 18.2 Å². The third-order valence-corrected chi connectivity index (χ3v) is 3.53. The van der Waals surface area contributed by atoms with E-state index in [0.717, 1.165) is 16.0 Å². The molecule has 0 fully saturated rings. The predicted molar refractivity (Wildman–Crippen MR) is 86.3 cm³/mol. The summed E-state index contributed by atoms with van der Waals surface area (Å²) in [5.41, 5.74) is 0.744. The number of benzene rings is 1. The van der Waals surface area contributed by atoms with Gasteiger partial charge in [-0.2, -0.15) is 10.1 Å². The van der Waals surface area contributed by atoms with Gasteiger partial charge < -0.3 is 10.6 Å². The fraction of sp³-hybridized carbons (Fsp3) is 0. The Hall–Kier alpha value is -2.12. The third kappa shape index (κ3) is 3.32. The highest BCUT2D eigenvalue weighted by Crippen LogP contribution is 2.26. The molecule has 3 aromatic rings. The topological polar surface area (TPSA) is 78.5 Å². The first-order chi connectivity index (χ1) is 10.2. The summed E-state index contributed by atoms with van der Waals surface area (Å²) in [6.45, 7) is 0. The molecule has 0 radical (unpaired) electrons. The number of hydrogen-bond acceptors (Lipinski definition) is 5. The van der Waals surface area contributed by atoms with Crippen molar-refractivity contribution in [3.05, 3.63) is 52.2 Å². The lowest BCUT2D eigenvalue weighted by atomic mass is 10.3. The molecule has 0 bridgehead atoms. The van der Waals surface area contributed by atoms with Gasteiger partial charge in [0, 0.05) is 12.3 Å². The van der Waals surface area contributed by atoms with E-state index in [-0.39, 0.29) is 0 Å². The van der Waals surface area contributed by atoms with Gasteiger partial charge in [0.25, 0.3) is 0 Å². The highest BCUT2D eigenvalue weighted by molar-refractivity contribution is 9.10. The molecule has 0 atom stereocenters. The zero-order valence-corrected chi connectivity index (χ0v) is 13.0. The number of nitrogens with one attached hydrogen (secondary N) is 3. The number of rotatable bonds is 4. The van der Waals surface area contributed by atoms with Gasteiger partial charge in [0.2, 0.25) is 5.95 Å². The molecule has 0 unspecified atom stereocenters. The summed E-state index contributed by atoms with van der Waals surface area (Å²) in [6.07, 6.45) is 3.31. The lowest BCUT2D eigenvalue weighted by molar-refractivity contribution is 1.08. The van der Waals surface area contributed by atoms with Crippen LogP contribution in [0.4, 0.5) is 23.3 Å². The SMILES string of the molecule is Clc1ccccc1Nc1ncc(Br)c(Nc2ccn[nH]2)n1. The first-order valence-electron chi connectivity index (χ1n) is 6.03. The molecule has 0 aliphatic rings. The minimum atomic E-state index is 0.438. The number of para-hydroxylation sites is 1. The Morgan fingerprint density at radius 3 is 2.76 bits per heavy atom. The first kappa shape index (κ1) is 13.8. The van der Waals surface area contributed by atoms with E-state index in [1.54, 1.807) is 24.5 Å². The third-order valence-electron chi connectivity index (χ3n) is 2.62. The van der Waals surface area contributed by atoms with Crippen LogP contribution in [0.2, 0.25) is 5.02 Å². The Labute approximate surface area is 134 Å². The number of halogens is 2. The number of nitrogens with zero attached hydrogens (tertiary/aromatic N) is 3. The molecule has 3 N–H and O–H groups in total. The molecule has 21 heavy (non-hydrogen) atoms. The minimum Gasteiger partial charge on any atom is -0.324 e. The molecule has 0 amide bonds. The Balaban J connectivity index is 1.85. The molecule has 0 saturated heterocycles. The Morgan fingerprint density at radius 2 is 2.00 bits per heavy atom. The highest BCUT2D eigenvalue weighted by Gasteiger charge is 2.07. The molecule has 2 aromatic heterocycles. The van der Waals surface area contributed by atoms with E-state index in [2.05, 4.69) is 46.7 Å². The smallest absolute Gasteiger partial charge is 0.229 e. The molecule has 0 saturated carbocycles. The first-order valence-corrected chi connectivity index (χ1v) is 7.20. The maximum atomic E-state index is 6.10. The molecule has 6 nitrogen and oxygen atoms in total. The largest absolute Gasteiger partial charge is 0.324 e. The average Bonchev–Trinajstić information content (AvgIpc) is 2.98. The van der Waals surface area contributed by atoms with Crippen LogP contribution in [-0.2, 0) is 0 Å². The minimum absolute atomic E-state index is 0.438. The van der Waals surface area contributed by atoms with Crippen molar-refractivity contribution in [3.8, 4) is 0 Å². The second-order valence-corrected chi connectivity index (χ2v) is 5.35. The molecule has 0 spiro atoms. The maximum Gasteiger partial charge on any atom is 0.229 e. The molecular formula is C13H10BrClN6. The molecule has 8 heteroatoms. The van der Waals surface area contributed by atoms with Crippen LogP contribution >= 0.6 is 27.5 Å². The van der Waals surface area contributed by atoms with Crippen molar-refractivity contribution in [1.29, 1.82) is 0 Å². The van der Waals surface area contributed by atoms with E-state index < -0.39 is 0 Å². The van der Waals surface area contributed by atoms with Crippen LogP contribution in [0.1, 0.15) is 0 Å². The van der Waals surface area contributed by atoms with Crippen molar-refractivity contribution in [2.75, 3.05) is 10.6 Å². The monoisotopic (exact) mass is 364 g/mol. The van der Waals surface area contributed by atoms with Gasteiger partial charge in [-0.1, -0.05) is 23.7 Å². The van der Waals surface area contributed by atoms with Gasteiger partial charge in [-0.25, -0.2) is 4.98 Å². The van der Waals surface area contributed by atoms with Crippen molar-refractivity contribution in [2.24, 2.45) is 0 Å². The molecule has 106 valence electrons. The second-order valence-electron chi connectivity index (χ2n) is 4.09. The molecule has 1 aromatic carbocycles. The van der Waals surface area contributed by atoms with Gasteiger partial charge in [-0.05, 0) is 28.1 Å². The van der Waals surface area contributed by atoms with Crippen LogP contribution in [0.15, 0.2) is 47.2 Å². The summed E-state index contributed by atoms with van der Waals surface area (Å²) >= 11 is 9.50. The number of H-pyrrole nitrogens is 1. The Bertz CT molecular complexity index is 746. The van der Waals surface area contributed by atoms with Gasteiger partial charge in [-0.15, -0.1) is 0 Å². The second kappa shape index (κ2) is 6.11. The number of aromatic amines is 1. The lowest BCUT2D eigenvalue weighted by Gasteiger charge is -2.09. The lowest BCUT2D eigenvalue weighted by Crippen LogP contribution is -2.02. The summed E-state index contributed by atoms with van der Waals surface area (Å²) in [7, 11) is 0.